The average Bonchev–Trinajstić information content (AvgIpc) is 3.48. The van der Waals surface area contributed by atoms with Crippen LogP contribution in [-0.2, 0) is 14.4 Å². The van der Waals surface area contributed by atoms with E-state index in [1.807, 2.05) is 38.1 Å². The number of halogens is 1. The van der Waals surface area contributed by atoms with Crippen LogP contribution in [0.15, 0.2) is 81.0 Å². The number of nitrogens with one attached hydrogen (secondary N) is 2. The molecule has 3 unspecified atom stereocenters. The molecule has 1 fully saturated rings. The van der Waals surface area contributed by atoms with Crippen LogP contribution in [0.4, 0.5) is 11.4 Å². The number of thiazole rings is 1. The first-order valence-electron chi connectivity index (χ1n) is 13.5. The fraction of sp³-hybridized carbons (Fsp3) is 0.226. The number of aromatic nitrogens is 1. The Morgan fingerprint density at radius 3 is 2.51 bits per heavy atom. The van der Waals surface area contributed by atoms with Crippen molar-refractivity contribution in [1.29, 1.82) is 0 Å². The van der Waals surface area contributed by atoms with Crippen LogP contribution in [-0.4, -0.2) is 41.2 Å². The summed E-state index contributed by atoms with van der Waals surface area (Å²) in [5, 5.41) is 2.72. The van der Waals surface area contributed by atoms with Crippen LogP contribution in [0.3, 0.4) is 0 Å². The Morgan fingerprint density at radius 2 is 1.77 bits per heavy atom. The third-order valence-electron chi connectivity index (χ3n) is 7.31. The molecule has 0 aliphatic carbocycles. The second kappa shape index (κ2) is 12.0. The number of imide groups is 1. The third kappa shape index (κ3) is 5.62. The number of aromatic amines is 1. The average molecular weight is 681 g/mol. The Morgan fingerprint density at radius 1 is 1.00 bits per heavy atom. The minimum Gasteiger partial charge on any atom is -0.490 e. The number of rotatable bonds is 8. The lowest BCUT2D eigenvalue weighted by Gasteiger charge is -2.30. The Balaban J connectivity index is 1.32. The molecule has 6 rings (SSSR count). The summed E-state index contributed by atoms with van der Waals surface area (Å²) in [5.41, 5.74) is 2.83. The Kier molecular flexibility index (Phi) is 8.17. The summed E-state index contributed by atoms with van der Waals surface area (Å²) in [6.45, 7) is 3.83. The summed E-state index contributed by atoms with van der Waals surface area (Å²) >= 11 is 5.66. The Bertz CT molecular complexity index is 1790. The van der Waals surface area contributed by atoms with Crippen molar-refractivity contribution in [2.45, 2.75) is 30.0 Å². The van der Waals surface area contributed by atoms with Crippen LogP contribution < -0.4 is 24.6 Å². The van der Waals surface area contributed by atoms with Crippen LogP contribution in [0.1, 0.15) is 28.8 Å². The maximum absolute atomic E-state index is 14.0. The molecule has 2 N–H and O–H groups in total. The zero-order valence-corrected chi connectivity index (χ0v) is 26.3. The number of hydrogen-bond acceptors (Lipinski definition) is 8. The van der Waals surface area contributed by atoms with E-state index in [0.29, 0.717) is 44.9 Å². The molecular weight excluding hydrogens is 654 g/mol. The molecule has 43 heavy (non-hydrogen) atoms. The van der Waals surface area contributed by atoms with E-state index in [1.54, 1.807) is 42.5 Å². The number of carbonyl (C=O) groups excluding carboxylic acids is 3. The number of hydrogen-bond donors (Lipinski definition) is 2. The number of benzene rings is 3. The van der Waals surface area contributed by atoms with Crippen molar-refractivity contribution in [2.24, 2.45) is 5.92 Å². The number of ether oxygens (including phenoxy) is 2. The number of nitrogens with zero attached hydrogens (tertiary/aromatic N) is 1. The van der Waals surface area contributed by atoms with E-state index in [4.69, 9.17) is 9.47 Å². The van der Waals surface area contributed by atoms with Crippen molar-refractivity contribution in [3.05, 3.63) is 96.9 Å². The van der Waals surface area contributed by atoms with Gasteiger partial charge in [-0.1, -0.05) is 63.3 Å². The molecule has 220 valence electrons. The summed E-state index contributed by atoms with van der Waals surface area (Å²) in [5.74, 6) is -1.52. The predicted molar refractivity (Wildman–Crippen MR) is 169 cm³/mol. The third-order valence-corrected chi connectivity index (χ3v) is 10.2. The minimum absolute atomic E-state index is 0.239. The molecule has 2 aliphatic rings. The smallest absolute Gasteiger partial charge is 0.305 e. The van der Waals surface area contributed by atoms with Gasteiger partial charge < -0.3 is 19.8 Å². The van der Waals surface area contributed by atoms with Gasteiger partial charge in [-0.2, -0.15) is 0 Å². The molecule has 3 heterocycles. The SMILES string of the molecule is CCOc1cc(C2c3sc(=O)[nH]c3SC3C(=O)N(c4ccc(Br)cc4)C(=O)C32)ccc1OCC(=O)Nc1ccccc1C. The lowest BCUT2D eigenvalue weighted by molar-refractivity contribution is -0.122. The number of anilines is 2. The predicted octanol–water partition coefficient (Wildman–Crippen LogP) is 5.72. The molecular formula is C31H26BrN3O6S2. The van der Waals surface area contributed by atoms with Gasteiger partial charge in [-0.05, 0) is 67.4 Å². The lowest BCUT2D eigenvalue weighted by atomic mass is 9.83. The highest BCUT2D eigenvalue weighted by Gasteiger charge is 2.56. The summed E-state index contributed by atoms with van der Waals surface area (Å²) in [6, 6.07) is 19.7. The Hall–Kier alpha value is -3.87. The summed E-state index contributed by atoms with van der Waals surface area (Å²) in [6.07, 6.45) is 0. The first-order valence-corrected chi connectivity index (χ1v) is 16.0. The maximum atomic E-state index is 14.0. The van der Waals surface area contributed by atoms with Crippen molar-refractivity contribution < 1.29 is 23.9 Å². The number of para-hydroxylation sites is 1. The topological polar surface area (TPSA) is 118 Å². The van der Waals surface area contributed by atoms with E-state index in [9.17, 15) is 19.2 Å². The number of fused-ring (bicyclic) bond motifs is 2. The van der Waals surface area contributed by atoms with E-state index in [0.717, 1.165) is 21.4 Å². The standard InChI is InChI=1S/C31H26BrN3O6S2/c1-3-40-22-14-17(8-13-21(22)41-15-23(36)33-20-7-5-4-6-16(20)2)24-25-27(42-28-26(24)43-31(39)34-28)30(38)35(29(25)37)19-11-9-18(32)10-12-19/h4-14,24-25,27H,3,15H2,1-2H3,(H,33,36)(H,34,39). The fourth-order valence-electron chi connectivity index (χ4n) is 5.37. The summed E-state index contributed by atoms with van der Waals surface area (Å²) in [4.78, 5) is 57.2. The normalized spacial score (nSPS) is 19.1. The molecule has 0 saturated carbocycles. The molecule has 3 atom stereocenters. The van der Waals surface area contributed by atoms with Crippen molar-refractivity contribution in [2.75, 3.05) is 23.4 Å². The molecule has 12 heteroatoms. The lowest BCUT2D eigenvalue weighted by Crippen LogP contribution is -2.32. The molecule has 4 aromatic rings. The number of aryl methyl sites for hydroxylation is 1. The molecule has 9 nitrogen and oxygen atoms in total. The van der Waals surface area contributed by atoms with Crippen molar-refractivity contribution in [3.8, 4) is 11.5 Å². The van der Waals surface area contributed by atoms with Gasteiger partial charge in [0.1, 0.15) is 5.25 Å². The second-order valence-corrected chi connectivity index (χ2v) is 13.1. The van der Waals surface area contributed by atoms with Gasteiger partial charge in [0, 0.05) is 21.0 Å². The number of amides is 3. The first kappa shape index (κ1) is 29.2. The van der Waals surface area contributed by atoms with Gasteiger partial charge in [0.25, 0.3) is 5.91 Å². The van der Waals surface area contributed by atoms with Crippen LogP contribution in [0, 0.1) is 12.8 Å². The van der Waals surface area contributed by atoms with E-state index >= 15 is 0 Å². The first-order chi connectivity index (χ1) is 20.7. The monoisotopic (exact) mass is 679 g/mol. The van der Waals surface area contributed by atoms with Gasteiger partial charge in [-0.25, -0.2) is 4.90 Å². The fourth-order valence-corrected chi connectivity index (χ4v) is 8.15. The molecule has 3 aromatic carbocycles. The number of H-pyrrole nitrogens is 1. The van der Waals surface area contributed by atoms with Crippen LogP contribution in [0.25, 0.3) is 0 Å². The second-order valence-electron chi connectivity index (χ2n) is 10.0. The van der Waals surface area contributed by atoms with Crippen LogP contribution >= 0.6 is 39.0 Å². The highest BCUT2D eigenvalue weighted by atomic mass is 79.9. The van der Waals surface area contributed by atoms with Gasteiger partial charge in [0.2, 0.25) is 11.8 Å². The molecule has 2 aliphatic heterocycles. The van der Waals surface area contributed by atoms with Gasteiger partial charge in [-0.3, -0.25) is 19.2 Å². The molecule has 0 radical (unpaired) electrons. The van der Waals surface area contributed by atoms with Crippen molar-refractivity contribution >= 4 is 68.1 Å². The van der Waals surface area contributed by atoms with Crippen molar-refractivity contribution in [1.82, 2.24) is 4.98 Å². The number of thioether (sulfide) groups is 1. The largest absolute Gasteiger partial charge is 0.490 e. The highest BCUT2D eigenvalue weighted by Crippen LogP contribution is 2.53. The molecule has 1 saturated heterocycles. The molecule has 0 spiro atoms. The van der Waals surface area contributed by atoms with Gasteiger partial charge >= 0.3 is 4.87 Å². The van der Waals surface area contributed by atoms with Gasteiger partial charge in [0.05, 0.1) is 23.2 Å². The van der Waals surface area contributed by atoms with Crippen LogP contribution in [0.5, 0.6) is 11.5 Å². The Labute approximate surface area is 263 Å². The van der Waals surface area contributed by atoms with E-state index < -0.39 is 17.1 Å². The van der Waals surface area contributed by atoms with E-state index in [1.165, 1.54) is 16.7 Å². The van der Waals surface area contributed by atoms with E-state index in [-0.39, 0.29) is 29.2 Å². The zero-order valence-electron chi connectivity index (χ0n) is 23.1. The summed E-state index contributed by atoms with van der Waals surface area (Å²) in [7, 11) is 0. The molecule has 0 bridgehead atoms. The number of carbonyl (C=O) groups is 3. The molecule has 1 aromatic heterocycles. The van der Waals surface area contributed by atoms with Gasteiger partial charge in [0.15, 0.2) is 18.1 Å². The maximum Gasteiger partial charge on any atom is 0.305 e. The highest BCUT2D eigenvalue weighted by molar-refractivity contribution is 9.10. The molecule has 3 amide bonds. The van der Waals surface area contributed by atoms with E-state index in [2.05, 4.69) is 26.2 Å². The van der Waals surface area contributed by atoms with Crippen molar-refractivity contribution in [3.63, 3.8) is 0 Å². The minimum atomic E-state index is -0.735. The summed E-state index contributed by atoms with van der Waals surface area (Å²) < 4.78 is 12.6. The zero-order chi connectivity index (χ0) is 30.2. The van der Waals surface area contributed by atoms with Crippen LogP contribution in [0.2, 0.25) is 0 Å². The van der Waals surface area contributed by atoms with Gasteiger partial charge in [-0.15, -0.1) is 0 Å². The quantitative estimate of drug-likeness (QED) is 0.229.